The second kappa shape index (κ2) is 6.14. The Balaban J connectivity index is 2.23. The second-order valence-electron chi connectivity index (χ2n) is 4.40. The van der Waals surface area contributed by atoms with Crippen LogP contribution in [0.2, 0.25) is 0 Å². The Kier molecular flexibility index (Phi) is 4.29. The number of rotatable bonds is 4. The first-order chi connectivity index (χ1) is 9.16. The van der Waals surface area contributed by atoms with Crippen LogP contribution in [0.5, 0.6) is 0 Å². The first kappa shape index (κ1) is 13.3. The van der Waals surface area contributed by atoms with E-state index in [1.165, 1.54) is 19.1 Å². The van der Waals surface area contributed by atoms with Crippen molar-refractivity contribution in [2.75, 3.05) is 6.54 Å². The van der Waals surface area contributed by atoms with Gasteiger partial charge in [0.2, 0.25) is 5.91 Å². The van der Waals surface area contributed by atoms with Gasteiger partial charge in [-0.1, -0.05) is 36.4 Å². The van der Waals surface area contributed by atoms with Gasteiger partial charge in [-0.25, -0.2) is 4.39 Å². The van der Waals surface area contributed by atoms with Crippen LogP contribution < -0.4 is 5.32 Å². The third-order valence-electron chi connectivity index (χ3n) is 2.92. The summed E-state index contributed by atoms with van der Waals surface area (Å²) in [4.78, 5) is 10.9. The number of carbonyl (C=O) groups is 1. The molecule has 1 N–H and O–H groups in total. The van der Waals surface area contributed by atoms with Crippen LogP contribution >= 0.6 is 0 Å². The standard InChI is InChI=1S/C16H16FNO/c1-12(19)18-10-9-13-5-2-3-8-16(13)14-6-4-7-15(17)11-14/h2-8,11H,9-10H2,1H3,(H,18,19). The molecule has 0 saturated carbocycles. The minimum atomic E-state index is -0.242. The van der Waals surface area contributed by atoms with Gasteiger partial charge in [0.05, 0.1) is 0 Å². The number of halogens is 1. The quantitative estimate of drug-likeness (QED) is 0.895. The minimum absolute atomic E-state index is 0.0387. The predicted octanol–water partition coefficient (Wildman–Crippen LogP) is 3.17. The lowest BCUT2D eigenvalue weighted by Gasteiger charge is -2.10. The van der Waals surface area contributed by atoms with Crippen LogP contribution in [-0.2, 0) is 11.2 Å². The molecule has 2 aromatic rings. The molecule has 0 fully saturated rings. The molecule has 2 nitrogen and oxygen atoms in total. The molecule has 0 heterocycles. The average Bonchev–Trinajstić information content (AvgIpc) is 2.39. The Morgan fingerprint density at radius 3 is 2.68 bits per heavy atom. The molecule has 2 aromatic carbocycles. The van der Waals surface area contributed by atoms with E-state index >= 15 is 0 Å². The summed E-state index contributed by atoms with van der Waals surface area (Å²) in [6, 6.07) is 14.4. The van der Waals surface area contributed by atoms with Crippen LogP contribution in [-0.4, -0.2) is 12.5 Å². The molecule has 0 saturated heterocycles. The number of benzene rings is 2. The molecule has 0 bridgehead atoms. The van der Waals surface area contributed by atoms with Gasteiger partial charge in [-0.3, -0.25) is 4.79 Å². The molecule has 0 aliphatic heterocycles. The van der Waals surface area contributed by atoms with E-state index in [4.69, 9.17) is 0 Å². The van der Waals surface area contributed by atoms with E-state index in [1.807, 2.05) is 30.3 Å². The van der Waals surface area contributed by atoms with Gasteiger partial charge in [0, 0.05) is 13.5 Å². The maximum atomic E-state index is 13.3. The van der Waals surface area contributed by atoms with Gasteiger partial charge in [0.25, 0.3) is 0 Å². The topological polar surface area (TPSA) is 29.1 Å². The Morgan fingerprint density at radius 1 is 1.16 bits per heavy atom. The highest BCUT2D eigenvalue weighted by Gasteiger charge is 2.05. The second-order valence-corrected chi connectivity index (χ2v) is 4.40. The van der Waals surface area contributed by atoms with Crippen LogP contribution in [0, 0.1) is 5.82 Å². The van der Waals surface area contributed by atoms with Crippen LogP contribution in [0.25, 0.3) is 11.1 Å². The maximum Gasteiger partial charge on any atom is 0.216 e. The maximum absolute atomic E-state index is 13.3. The highest BCUT2D eigenvalue weighted by Crippen LogP contribution is 2.24. The van der Waals surface area contributed by atoms with Gasteiger partial charge in [0.1, 0.15) is 5.82 Å². The van der Waals surface area contributed by atoms with Gasteiger partial charge in [-0.05, 0) is 35.2 Å². The van der Waals surface area contributed by atoms with E-state index in [9.17, 15) is 9.18 Å². The summed E-state index contributed by atoms with van der Waals surface area (Å²) < 4.78 is 13.3. The lowest BCUT2D eigenvalue weighted by atomic mass is 9.97. The van der Waals surface area contributed by atoms with Crippen LogP contribution in [0.3, 0.4) is 0 Å². The Bertz CT molecular complexity index is 580. The fraction of sp³-hybridized carbons (Fsp3) is 0.188. The van der Waals surface area contributed by atoms with E-state index < -0.39 is 0 Å². The molecule has 0 aromatic heterocycles. The molecule has 98 valence electrons. The average molecular weight is 257 g/mol. The molecule has 0 unspecified atom stereocenters. The molecule has 2 rings (SSSR count). The summed E-state index contributed by atoms with van der Waals surface area (Å²) in [7, 11) is 0. The zero-order valence-electron chi connectivity index (χ0n) is 10.8. The number of hydrogen-bond acceptors (Lipinski definition) is 1. The molecule has 0 aliphatic carbocycles. The summed E-state index contributed by atoms with van der Waals surface area (Å²) in [5.41, 5.74) is 2.97. The van der Waals surface area contributed by atoms with Gasteiger partial charge < -0.3 is 5.32 Å². The van der Waals surface area contributed by atoms with Crippen molar-refractivity contribution >= 4 is 5.91 Å². The van der Waals surface area contributed by atoms with Crippen molar-refractivity contribution in [1.82, 2.24) is 5.32 Å². The molecule has 1 amide bonds. The predicted molar refractivity (Wildman–Crippen MR) is 74.2 cm³/mol. The first-order valence-electron chi connectivity index (χ1n) is 6.25. The fourth-order valence-corrected chi connectivity index (χ4v) is 2.05. The summed E-state index contributed by atoms with van der Waals surface area (Å²) in [5, 5.41) is 2.77. The molecule has 0 spiro atoms. The molecule has 3 heteroatoms. The fourth-order valence-electron chi connectivity index (χ4n) is 2.05. The third-order valence-corrected chi connectivity index (χ3v) is 2.92. The lowest BCUT2D eigenvalue weighted by molar-refractivity contribution is -0.118. The van der Waals surface area contributed by atoms with E-state index in [1.54, 1.807) is 6.07 Å². The number of amides is 1. The first-order valence-corrected chi connectivity index (χ1v) is 6.25. The van der Waals surface area contributed by atoms with Crippen molar-refractivity contribution in [3.8, 4) is 11.1 Å². The highest BCUT2D eigenvalue weighted by molar-refractivity contribution is 5.73. The summed E-state index contributed by atoms with van der Waals surface area (Å²) in [6.45, 7) is 2.08. The highest BCUT2D eigenvalue weighted by atomic mass is 19.1. The van der Waals surface area contributed by atoms with Crippen molar-refractivity contribution in [3.05, 3.63) is 59.9 Å². The zero-order valence-corrected chi connectivity index (χ0v) is 10.8. The van der Waals surface area contributed by atoms with Crippen LogP contribution in [0.15, 0.2) is 48.5 Å². The molecule has 19 heavy (non-hydrogen) atoms. The number of nitrogens with one attached hydrogen (secondary N) is 1. The number of hydrogen-bond donors (Lipinski definition) is 1. The normalized spacial score (nSPS) is 10.2. The van der Waals surface area contributed by atoms with E-state index in [0.29, 0.717) is 6.54 Å². The van der Waals surface area contributed by atoms with Crippen LogP contribution in [0.1, 0.15) is 12.5 Å². The molecule has 0 atom stereocenters. The van der Waals surface area contributed by atoms with Crippen molar-refractivity contribution < 1.29 is 9.18 Å². The van der Waals surface area contributed by atoms with Crippen molar-refractivity contribution in [2.24, 2.45) is 0 Å². The lowest BCUT2D eigenvalue weighted by Crippen LogP contribution is -2.22. The molecule has 0 radical (unpaired) electrons. The van der Waals surface area contributed by atoms with Crippen molar-refractivity contribution in [3.63, 3.8) is 0 Å². The smallest absolute Gasteiger partial charge is 0.216 e. The summed E-state index contributed by atoms with van der Waals surface area (Å²) in [6.07, 6.45) is 0.728. The summed E-state index contributed by atoms with van der Waals surface area (Å²) >= 11 is 0. The molecular weight excluding hydrogens is 241 g/mol. The van der Waals surface area contributed by atoms with Gasteiger partial charge in [0.15, 0.2) is 0 Å². The molecule has 0 aliphatic rings. The monoisotopic (exact) mass is 257 g/mol. The third kappa shape index (κ3) is 3.65. The SMILES string of the molecule is CC(=O)NCCc1ccccc1-c1cccc(F)c1. The largest absolute Gasteiger partial charge is 0.356 e. The van der Waals surface area contributed by atoms with Gasteiger partial charge in [-0.2, -0.15) is 0 Å². The Morgan fingerprint density at radius 2 is 1.95 bits per heavy atom. The minimum Gasteiger partial charge on any atom is -0.356 e. The zero-order chi connectivity index (χ0) is 13.7. The summed E-state index contributed by atoms with van der Waals surface area (Å²) in [5.74, 6) is -0.280. The van der Waals surface area contributed by atoms with Gasteiger partial charge >= 0.3 is 0 Å². The van der Waals surface area contributed by atoms with E-state index in [-0.39, 0.29) is 11.7 Å². The Labute approximate surface area is 112 Å². The molecular formula is C16H16FNO. The van der Waals surface area contributed by atoms with E-state index in [0.717, 1.165) is 23.1 Å². The van der Waals surface area contributed by atoms with Crippen molar-refractivity contribution in [2.45, 2.75) is 13.3 Å². The van der Waals surface area contributed by atoms with E-state index in [2.05, 4.69) is 5.32 Å². The number of carbonyl (C=O) groups excluding carboxylic acids is 1. The van der Waals surface area contributed by atoms with Crippen molar-refractivity contribution in [1.29, 1.82) is 0 Å². The Hall–Kier alpha value is -2.16. The van der Waals surface area contributed by atoms with Gasteiger partial charge in [-0.15, -0.1) is 0 Å². The van der Waals surface area contributed by atoms with Crippen LogP contribution in [0.4, 0.5) is 4.39 Å².